The van der Waals surface area contributed by atoms with Crippen molar-refractivity contribution in [2.24, 2.45) is 0 Å². The van der Waals surface area contributed by atoms with Crippen LogP contribution in [0.3, 0.4) is 0 Å². The number of carbonyl (C=O) groups is 1. The van der Waals surface area contributed by atoms with E-state index in [0.29, 0.717) is 0 Å². The van der Waals surface area contributed by atoms with E-state index >= 15 is 0 Å². The summed E-state index contributed by atoms with van der Waals surface area (Å²) in [6.07, 6.45) is 1.93. The summed E-state index contributed by atoms with van der Waals surface area (Å²) in [5, 5.41) is 0. The van der Waals surface area contributed by atoms with Gasteiger partial charge in [-0.25, -0.2) is 4.79 Å². The standard InChI is InChI=1S/C6H5FO2/c1-3-4-9-6(8)5(2)7/h2H2,1H3. The van der Waals surface area contributed by atoms with E-state index in [-0.39, 0.29) is 0 Å². The van der Waals surface area contributed by atoms with E-state index in [2.05, 4.69) is 17.2 Å². The smallest absolute Gasteiger partial charge is 0.367 e. The molecule has 0 rings (SSSR count). The monoisotopic (exact) mass is 128 g/mol. The number of hydrogen-bond donors (Lipinski definition) is 0. The van der Waals surface area contributed by atoms with Crippen molar-refractivity contribution in [2.45, 2.75) is 6.92 Å². The zero-order chi connectivity index (χ0) is 7.28. The highest BCUT2D eigenvalue weighted by Crippen LogP contribution is 1.92. The second-order valence-electron chi connectivity index (χ2n) is 1.15. The molecule has 0 aromatic heterocycles. The van der Waals surface area contributed by atoms with Crippen molar-refractivity contribution in [3.8, 4) is 12.0 Å². The molecule has 0 fully saturated rings. The van der Waals surface area contributed by atoms with E-state index < -0.39 is 11.8 Å². The zero-order valence-electron chi connectivity index (χ0n) is 4.90. The molecule has 0 radical (unpaired) electrons. The van der Waals surface area contributed by atoms with Crippen LogP contribution in [0.15, 0.2) is 12.4 Å². The summed E-state index contributed by atoms with van der Waals surface area (Å²) in [5.74, 6) is -0.0232. The Morgan fingerprint density at radius 1 is 1.78 bits per heavy atom. The third-order valence-corrected chi connectivity index (χ3v) is 0.467. The molecule has 0 saturated carbocycles. The number of halogens is 1. The van der Waals surface area contributed by atoms with Crippen molar-refractivity contribution >= 4 is 5.97 Å². The summed E-state index contributed by atoms with van der Waals surface area (Å²) in [7, 11) is 0. The molecule has 0 heterocycles. The van der Waals surface area contributed by atoms with Gasteiger partial charge < -0.3 is 4.74 Å². The van der Waals surface area contributed by atoms with Crippen molar-refractivity contribution in [2.75, 3.05) is 0 Å². The summed E-state index contributed by atoms with van der Waals surface area (Å²) in [5.41, 5.74) is 0. The van der Waals surface area contributed by atoms with Crippen LogP contribution in [0.25, 0.3) is 0 Å². The van der Waals surface area contributed by atoms with Gasteiger partial charge in [0.25, 0.3) is 0 Å². The van der Waals surface area contributed by atoms with Gasteiger partial charge in [-0.3, -0.25) is 0 Å². The first-order chi connectivity index (χ1) is 4.18. The van der Waals surface area contributed by atoms with Crippen LogP contribution >= 0.6 is 0 Å². The molecule has 0 amide bonds. The first-order valence-electron chi connectivity index (χ1n) is 2.15. The maximum absolute atomic E-state index is 11.7. The lowest BCUT2D eigenvalue weighted by molar-refractivity contribution is -0.134. The minimum atomic E-state index is -1.14. The molecule has 0 aromatic rings. The SMILES string of the molecule is C=C(F)C(=O)OC#CC. The van der Waals surface area contributed by atoms with Gasteiger partial charge in [-0.05, 0) is 0 Å². The Morgan fingerprint density at radius 3 is 2.67 bits per heavy atom. The van der Waals surface area contributed by atoms with Crippen LogP contribution in [0.2, 0.25) is 0 Å². The fourth-order valence-electron chi connectivity index (χ4n) is 0.153. The molecule has 9 heavy (non-hydrogen) atoms. The van der Waals surface area contributed by atoms with Gasteiger partial charge >= 0.3 is 5.97 Å². The van der Waals surface area contributed by atoms with E-state index in [1.165, 1.54) is 6.92 Å². The predicted molar refractivity (Wildman–Crippen MR) is 29.8 cm³/mol. The Morgan fingerprint density at radius 2 is 2.33 bits per heavy atom. The summed E-state index contributed by atoms with van der Waals surface area (Å²) >= 11 is 0. The Kier molecular flexibility index (Phi) is 3.14. The number of esters is 1. The Hall–Kier alpha value is -1.30. The largest absolute Gasteiger partial charge is 0.380 e. The molecule has 0 unspecified atom stereocenters. The molecule has 2 nitrogen and oxygen atoms in total. The van der Waals surface area contributed by atoms with Crippen molar-refractivity contribution < 1.29 is 13.9 Å². The van der Waals surface area contributed by atoms with Crippen molar-refractivity contribution in [3.05, 3.63) is 12.4 Å². The number of rotatable bonds is 1. The van der Waals surface area contributed by atoms with E-state index in [1.54, 1.807) is 0 Å². The van der Waals surface area contributed by atoms with Gasteiger partial charge in [0.2, 0.25) is 5.83 Å². The summed E-state index contributed by atoms with van der Waals surface area (Å²) in [6.45, 7) is 4.17. The maximum Gasteiger partial charge on any atom is 0.380 e. The number of hydrogen-bond acceptors (Lipinski definition) is 2. The first-order valence-corrected chi connectivity index (χ1v) is 2.15. The molecule has 0 aliphatic rings. The molecule has 0 aliphatic heterocycles. The van der Waals surface area contributed by atoms with Crippen molar-refractivity contribution in [1.29, 1.82) is 0 Å². The van der Waals surface area contributed by atoms with Crippen LogP contribution in [-0.2, 0) is 9.53 Å². The van der Waals surface area contributed by atoms with E-state index in [9.17, 15) is 9.18 Å². The van der Waals surface area contributed by atoms with Gasteiger partial charge in [-0.1, -0.05) is 12.5 Å². The topological polar surface area (TPSA) is 26.3 Å². The molecule has 0 bridgehead atoms. The molecule has 0 aromatic carbocycles. The average molecular weight is 128 g/mol. The molecule has 0 aliphatic carbocycles. The second-order valence-corrected chi connectivity index (χ2v) is 1.15. The fraction of sp³-hybridized carbons (Fsp3) is 0.167. The number of carbonyl (C=O) groups excluding carboxylic acids is 1. The summed E-state index contributed by atoms with van der Waals surface area (Å²) in [4.78, 5) is 10.1. The van der Waals surface area contributed by atoms with Crippen LogP contribution in [0, 0.1) is 12.0 Å². The molecule has 0 N–H and O–H groups in total. The van der Waals surface area contributed by atoms with Crippen LogP contribution in [0.4, 0.5) is 4.39 Å². The van der Waals surface area contributed by atoms with Crippen LogP contribution in [-0.4, -0.2) is 5.97 Å². The normalized spacial score (nSPS) is 6.89. The second kappa shape index (κ2) is 3.67. The zero-order valence-corrected chi connectivity index (χ0v) is 4.90. The summed E-state index contributed by atoms with van der Waals surface area (Å²) < 4.78 is 15.7. The molecule has 0 atom stereocenters. The minimum Gasteiger partial charge on any atom is -0.367 e. The Labute approximate surface area is 52.3 Å². The minimum absolute atomic E-state index is 1.13. The molecule has 3 heteroatoms. The van der Waals surface area contributed by atoms with E-state index in [4.69, 9.17) is 0 Å². The molecule has 0 spiro atoms. The highest BCUT2D eigenvalue weighted by atomic mass is 19.1. The molecular weight excluding hydrogens is 123 g/mol. The lowest BCUT2D eigenvalue weighted by Gasteiger charge is -1.86. The van der Waals surface area contributed by atoms with Crippen molar-refractivity contribution in [3.63, 3.8) is 0 Å². The highest BCUT2D eigenvalue weighted by Gasteiger charge is 2.03. The average Bonchev–Trinajstić information content (AvgIpc) is 1.82. The first kappa shape index (κ1) is 7.70. The van der Waals surface area contributed by atoms with E-state index in [1.807, 2.05) is 6.11 Å². The van der Waals surface area contributed by atoms with Crippen LogP contribution in [0.5, 0.6) is 0 Å². The quantitative estimate of drug-likeness (QED) is 0.299. The van der Waals surface area contributed by atoms with Gasteiger partial charge in [0.1, 0.15) is 6.11 Å². The Balaban J connectivity index is 3.74. The lowest BCUT2D eigenvalue weighted by atomic mass is 10.6. The number of ether oxygens (including phenoxy) is 1. The molecule has 0 saturated heterocycles. The predicted octanol–water partition coefficient (Wildman–Crippen LogP) is 0.994. The van der Waals surface area contributed by atoms with Gasteiger partial charge in [-0.15, -0.1) is 0 Å². The van der Waals surface area contributed by atoms with E-state index in [0.717, 1.165) is 0 Å². The summed E-state index contributed by atoms with van der Waals surface area (Å²) in [6, 6.07) is 0. The van der Waals surface area contributed by atoms with Crippen molar-refractivity contribution in [1.82, 2.24) is 0 Å². The molecule has 48 valence electrons. The Bertz CT molecular complexity index is 185. The highest BCUT2D eigenvalue weighted by molar-refractivity contribution is 5.85. The van der Waals surface area contributed by atoms with Crippen LogP contribution in [0.1, 0.15) is 6.92 Å². The lowest BCUT2D eigenvalue weighted by Crippen LogP contribution is -1.97. The third kappa shape index (κ3) is 3.30. The van der Waals surface area contributed by atoms with Gasteiger partial charge in [0, 0.05) is 6.92 Å². The van der Waals surface area contributed by atoms with Gasteiger partial charge in [-0.2, -0.15) is 4.39 Å². The third-order valence-electron chi connectivity index (χ3n) is 0.467. The fourth-order valence-corrected chi connectivity index (χ4v) is 0.153. The van der Waals surface area contributed by atoms with Gasteiger partial charge in [0.15, 0.2) is 0 Å². The van der Waals surface area contributed by atoms with Crippen LogP contribution < -0.4 is 0 Å². The maximum atomic E-state index is 11.7. The van der Waals surface area contributed by atoms with Gasteiger partial charge in [0.05, 0.1) is 0 Å². The molecular formula is C6H5FO2.